The maximum absolute atomic E-state index is 11.6. The molecule has 0 saturated carbocycles. The first-order valence-corrected chi connectivity index (χ1v) is 7.57. The summed E-state index contributed by atoms with van der Waals surface area (Å²) in [6.45, 7) is 5.43. The van der Waals surface area contributed by atoms with Gasteiger partial charge in [-0.1, -0.05) is 0 Å². The number of ether oxygens (including phenoxy) is 3. The summed E-state index contributed by atoms with van der Waals surface area (Å²) in [5.41, 5.74) is 0. The maximum atomic E-state index is 11.6. The Labute approximate surface area is 126 Å². The molecule has 0 aromatic rings. The third-order valence-electron chi connectivity index (χ3n) is 3.41. The second-order valence-corrected chi connectivity index (χ2v) is 5.09. The maximum Gasteiger partial charge on any atom is 0.409 e. The molecule has 7 heteroatoms. The molecule has 0 spiro atoms. The monoisotopic (exact) mass is 304 g/mol. The van der Waals surface area contributed by atoms with Crippen LogP contribution >= 0.6 is 0 Å². The predicted molar refractivity (Wildman–Crippen MR) is 78.3 cm³/mol. The van der Waals surface area contributed by atoms with Crippen LogP contribution in [0, 0.1) is 0 Å². The number of rotatable bonds is 9. The van der Waals surface area contributed by atoms with Crippen molar-refractivity contribution in [2.75, 3.05) is 53.2 Å². The van der Waals surface area contributed by atoms with Gasteiger partial charge in [0.15, 0.2) is 0 Å². The number of hydrogen-bond donors (Lipinski definition) is 2. The van der Waals surface area contributed by atoms with Crippen LogP contribution in [0.4, 0.5) is 4.79 Å². The zero-order valence-electron chi connectivity index (χ0n) is 13.0. The van der Waals surface area contributed by atoms with E-state index in [0.29, 0.717) is 52.1 Å². The zero-order valence-corrected chi connectivity index (χ0v) is 13.0. The van der Waals surface area contributed by atoms with Gasteiger partial charge in [0, 0.05) is 32.8 Å². The molecule has 1 saturated heterocycles. The first kappa shape index (κ1) is 18.2. The Morgan fingerprint density at radius 3 is 2.71 bits per heavy atom. The van der Waals surface area contributed by atoms with Crippen LogP contribution in [0.3, 0.4) is 0 Å². The van der Waals surface area contributed by atoms with Gasteiger partial charge in [0.2, 0.25) is 0 Å². The average Bonchev–Trinajstić information content (AvgIpc) is 2.50. The van der Waals surface area contributed by atoms with Crippen LogP contribution in [-0.2, 0) is 14.2 Å². The Balaban J connectivity index is 2.08. The smallest absolute Gasteiger partial charge is 0.409 e. The summed E-state index contributed by atoms with van der Waals surface area (Å²) in [6, 6.07) is 0.323. The van der Waals surface area contributed by atoms with Crippen LogP contribution in [0.2, 0.25) is 0 Å². The van der Waals surface area contributed by atoms with E-state index >= 15 is 0 Å². The second-order valence-electron chi connectivity index (χ2n) is 5.09. The number of aliphatic hydroxyl groups excluding tert-OH is 1. The molecule has 1 heterocycles. The topological polar surface area (TPSA) is 80.3 Å². The SMILES string of the molecule is CCOC(=O)N1CCC(NCC(O)COCCOC)CC1. The number of aliphatic hydroxyl groups is 1. The van der Waals surface area contributed by atoms with Gasteiger partial charge in [-0.25, -0.2) is 4.79 Å². The van der Waals surface area contributed by atoms with Crippen LogP contribution in [-0.4, -0.2) is 81.4 Å². The molecule has 124 valence electrons. The number of nitrogens with one attached hydrogen (secondary N) is 1. The van der Waals surface area contributed by atoms with Gasteiger partial charge < -0.3 is 29.5 Å². The minimum atomic E-state index is -0.523. The highest BCUT2D eigenvalue weighted by Crippen LogP contribution is 2.11. The van der Waals surface area contributed by atoms with Crippen molar-refractivity contribution in [1.29, 1.82) is 0 Å². The summed E-state index contributed by atoms with van der Waals surface area (Å²) < 4.78 is 15.1. The Hall–Kier alpha value is -0.890. The lowest BCUT2D eigenvalue weighted by Crippen LogP contribution is -2.47. The number of hydrogen-bond acceptors (Lipinski definition) is 6. The Bertz CT molecular complexity index is 283. The highest BCUT2D eigenvalue weighted by atomic mass is 16.6. The van der Waals surface area contributed by atoms with Crippen LogP contribution in [0.15, 0.2) is 0 Å². The standard InChI is InChI=1S/C14H28N2O5/c1-3-21-14(18)16-6-4-12(5-7-16)15-10-13(17)11-20-9-8-19-2/h12-13,15,17H,3-11H2,1-2H3. The molecule has 0 bridgehead atoms. The number of piperidine rings is 1. The van der Waals surface area contributed by atoms with Crippen molar-refractivity contribution in [3.63, 3.8) is 0 Å². The van der Waals surface area contributed by atoms with E-state index in [0.717, 1.165) is 12.8 Å². The largest absolute Gasteiger partial charge is 0.450 e. The quantitative estimate of drug-likeness (QED) is 0.593. The minimum Gasteiger partial charge on any atom is -0.450 e. The van der Waals surface area contributed by atoms with Gasteiger partial charge in [-0.2, -0.15) is 0 Å². The van der Waals surface area contributed by atoms with E-state index in [1.165, 1.54) is 0 Å². The molecule has 1 aliphatic rings. The lowest BCUT2D eigenvalue weighted by Gasteiger charge is -2.32. The van der Waals surface area contributed by atoms with Crippen molar-refractivity contribution in [2.24, 2.45) is 0 Å². The van der Waals surface area contributed by atoms with Crippen molar-refractivity contribution in [2.45, 2.75) is 31.9 Å². The van der Waals surface area contributed by atoms with E-state index in [2.05, 4.69) is 5.32 Å². The van der Waals surface area contributed by atoms with Gasteiger partial charge in [0.05, 0.1) is 32.5 Å². The van der Waals surface area contributed by atoms with E-state index in [-0.39, 0.29) is 6.09 Å². The summed E-state index contributed by atoms with van der Waals surface area (Å²) in [7, 11) is 1.62. The predicted octanol–water partition coefficient (Wildman–Crippen LogP) is 0.221. The average molecular weight is 304 g/mol. The highest BCUT2D eigenvalue weighted by molar-refractivity contribution is 5.67. The summed E-state index contributed by atoms with van der Waals surface area (Å²) in [4.78, 5) is 13.3. The number of methoxy groups -OCH3 is 1. The Morgan fingerprint density at radius 1 is 1.38 bits per heavy atom. The lowest BCUT2D eigenvalue weighted by atomic mass is 10.1. The summed E-state index contributed by atoms with van der Waals surface area (Å²) in [5, 5.41) is 13.1. The van der Waals surface area contributed by atoms with Crippen molar-refractivity contribution < 1.29 is 24.1 Å². The number of carbonyl (C=O) groups is 1. The van der Waals surface area contributed by atoms with Crippen LogP contribution < -0.4 is 5.32 Å². The summed E-state index contributed by atoms with van der Waals surface area (Å²) >= 11 is 0. The normalized spacial score (nSPS) is 17.8. The second kappa shape index (κ2) is 10.8. The van der Waals surface area contributed by atoms with Gasteiger partial charge in [-0.15, -0.1) is 0 Å². The Morgan fingerprint density at radius 2 is 2.10 bits per heavy atom. The fraction of sp³-hybridized carbons (Fsp3) is 0.929. The zero-order chi connectivity index (χ0) is 15.5. The molecule has 0 aromatic carbocycles. The third-order valence-corrected chi connectivity index (χ3v) is 3.41. The van der Waals surface area contributed by atoms with E-state index in [1.54, 1.807) is 12.0 Å². The fourth-order valence-electron chi connectivity index (χ4n) is 2.20. The van der Waals surface area contributed by atoms with Crippen molar-refractivity contribution in [3.8, 4) is 0 Å². The van der Waals surface area contributed by atoms with Crippen molar-refractivity contribution in [1.82, 2.24) is 10.2 Å². The van der Waals surface area contributed by atoms with Gasteiger partial charge in [0.1, 0.15) is 0 Å². The molecule has 1 amide bonds. The van der Waals surface area contributed by atoms with Crippen LogP contribution in [0.1, 0.15) is 19.8 Å². The molecule has 0 aromatic heterocycles. The van der Waals surface area contributed by atoms with E-state index in [4.69, 9.17) is 14.2 Å². The molecule has 1 atom stereocenters. The fourth-order valence-corrected chi connectivity index (χ4v) is 2.20. The molecule has 0 radical (unpaired) electrons. The summed E-state index contributed by atoms with van der Waals surface area (Å²) in [6.07, 6.45) is 0.985. The third kappa shape index (κ3) is 7.61. The molecular weight excluding hydrogens is 276 g/mol. The van der Waals surface area contributed by atoms with Gasteiger partial charge in [0.25, 0.3) is 0 Å². The first-order valence-electron chi connectivity index (χ1n) is 7.57. The molecule has 1 rings (SSSR count). The van der Waals surface area contributed by atoms with Gasteiger partial charge in [-0.3, -0.25) is 0 Å². The van der Waals surface area contributed by atoms with Crippen LogP contribution in [0.5, 0.6) is 0 Å². The highest BCUT2D eigenvalue weighted by Gasteiger charge is 2.23. The van der Waals surface area contributed by atoms with Gasteiger partial charge in [-0.05, 0) is 19.8 Å². The molecule has 0 aliphatic carbocycles. The number of nitrogens with zero attached hydrogens (tertiary/aromatic N) is 1. The lowest BCUT2D eigenvalue weighted by molar-refractivity contribution is 0.0120. The molecular formula is C14H28N2O5. The minimum absolute atomic E-state index is 0.234. The molecule has 7 nitrogen and oxygen atoms in total. The molecule has 1 fully saturated rings. The summed E-state index contributed by atoms with van der Waals surface area (Å²) in [5.74, 6) is 0. The molecule has 1 unspecified atom stereocenters. The number of likely N-dealkylation sites (tertiary alicyclic amines) is 1. The van der Waals surface area contributed by atoms with Gasteiger partial charge >= 0.3 is 6.09 Å². The van der Waals surface area contributed by atoms with Crippen molar-refractivity contribution >= 4 is 6.09 Å². The number of amides is 1. The van der Waals surface area contributed by atoms with E-state index in [1.807, 2.05) is 6.92 Å². The Kier molecular flexibility index (Phi) is 9.32. The van der Waals surface area contributed by atoms with Crippen molar-refractivity contribution in [3.05, 3.63) is 0 Å². The van der Waals surface area contributed by atoms with Crippen LogP contribution in [0.25, 0.3) is 0 Å². The van der Waals surface area contributed by atoms with E-state index in [9.17, 15) is 9.90 Å². The first-order chi connectivity index (χ1) is 10.2. The molecule has 1 aliphatic heterocycles. The molecule has 2 N–H and O–H groups in total. The molecule has 21 heavy (non-hydrogen) atoms. The number of carbonyl (C=O) groups excluding carboxylic acids is 1. The van der Waals surface area contributed by atoms with E-state index < -0.39 is 6.10 Å².